The van der Waals surface area contributed by atoms with Crippen molar-refractivity contribution in [3.05, 3.63) is 65.7 Å². The van der Waals surface area contributed by atoms with Crippen LogP contribution in [0.25, 0.3) is 27.6 Å². The Morgan fingerprint density at radius 3 is 1.68 bits per heavy atom. The Balaban J connectivity index is 2.45. The Hall–Kier alpha value is -2.74. The Morgan fingerprint density at radius 1 is 0.773 bits per heavy atom. The summed E-state index contributed by atoms with van der Waals surface area (Å²) < 4.78 is 0. The number of carbonyl (C=O) groups is 2. The number of allylic oxidation sites excluding steroid dienone is 1. The number of hydrogen-bond donors (Lipinski definition) is 0. The second-order valence-corrected chi connectivity index (χ2v) is 5.40. The van der Waals surface area contributed by atoms with E-state index in [1.54, 1.807) is 6.08 Å². The van der Waals surface area contributed by atoms with Gasteiger partial charge in [-0.05, 0) is 53.1 Å². The van der Waals surface area contributed by atoms with Gasteiger partial charge < -0.3 is 0 Å². The van der Waals surface area contributed by atoms with Gasteiger partial charge in [0.05, 0.1) is 5.57 Å². The molecular formula is C20H16O2. The van der Waals surface area contributed by atoms with Gasteiger partial charge in [0.2, 0.25) is 0 Å². The molecule has 108 valence electrons. The van der Waals surface area contributed by atoms with Crippen LogP contribution in [0.2, 0.25) is 0 Å². The number of ketones is 2. The molecule has 0 fully saturated rings. The molecule has 0 aliphatic carbocycles. The third kappa shape index (κ3) is 2.44. The first-order valence-electron chi connectivity index (χ1n) is 7.22. The normalized spacial score (nSPS) is 10.6. The first-order chi connectivity index (χ1) is 10.6. The predicted octanol–water partition coefficient (Wildman–Crippen LogP) is 4.55. The molecule has 0 amide bonds. The van der Waals surface area contributed by atoms with Gasteiger partial charge in [-0.25, -0.2) is 0 Å². The molecule has 3 aromatic rings. The van der Waals surface area contributed by atoms with Gasteiger partial charge in [-0.1, -0.05) is 48.5 Å². The number of benzene rings is 3. The molecule has 0 bridgehead atoms. The van der Waals surface area contributed by atoms with Crippen molar-refractivity contribution in [1.82, 2.24) is 0 Å². The summed E-state index contributed by atoms with van der Waals surface area (Å²) in [6.07, 6.45) is 1.73. The highest BCUT2D eigenvalue weighted by Gasteiger charge is 2.12. The number of carbonyl (C=O) groups excluding carboxylic acids is 2. The van der Waals surface area contributed by atoms with Crippen LogP contribution in [-0.4, -0.2) is 11.6 Å². The predicted molar refractivity (Wildman–Crippen MR) is 90.8 cm³/mol. The van der Waals surface area contributed by atoms with E-state index in [2.05, 4.69) is 6.07 Å². The molecule has 0 atom stereocenters. The molecule has 0 unspecified atom stereocenters. The fraction of sp³-hybridized carbons (Fsp3) is 0.100. The molecule has 0 aliphatic heterocycles. The smallest absolute Gasteiger partial charge is 0.163 e. The van der Waals surface area contributed by atoms with Crippen molar-refractivity contribution < 1.29 is 9.59 Å². The van der Waals surface area contributed by atoms with Crippen LogP contribution in [-0.2, 0) is 9.59 Å². The number of fused-ring (bicyclic) bond motifs is 2. The first kappa shape index (κ1) is 14.2. The number of Topliss-reactive ketones (excluding diaryl/α,β-unsaturated/α-hetero) is 2. The van der Waals surface area contributed by atoms with Crippen LogP contribution in [0.5, 0.6) is 0 Å². The third-order valence-electron chi connectivity index (χ3n) is 3.86. The number of rotatable bonds is 3. The molecule has 0 saturated carbocycles. The van der Waals surface area contributed by atoms with E-state index < -0.39 is 0 Å². The maximum Gasteiger partial charge on any atom is 0.163 e. The maximum atomic E-state index is 11.8. The van der Waals surface area contributed by atoms with E-state index in [1.807, 2.05) is 48.5 Å². The monoisotopic (exact) mass is 288 g/mol. The van der Waals surface area contributed by atoms with Crippen molar-refractivity contribution >= 4 is 39.2 Å². The van der Waals surface area contributed by atoms with Crippen molar-refractivity contribution in [2.45, 2.75) is 13.8 Å². The van der Waals surface area contributed by atoms with Gasteiger partial charge in [0.1, 0.15) is 0 Å². The minimum absolute atomic E-state index is 0.204. The molecule has 0 N–H and O–H groups in total. The molecule has 0 spiro atoms. The van der Waals surface area contributed by atoms with E-state index >= 15 is 0 Å². The van der Waals surface area contributed by atoms with Gasteiger partial charge in [-0.2, -0.15) is 0 Å². The molecule has 3 rings (SSSR count). The Labute approximate surface area is 129 Å². The lowest BCUT2D eigenvalue weighted by Gasteiger charge is -2.09. The van der Waals surface area contributed by atoms with E-state index in [0.29, 0.717) is 0 Å². The maximum absolute atomic E-state index is 11.8. The zero-order chi connectivity index (χ0) is 15.7. The van der Waals surface area contributed by atoms with Crippen LogP contribution < -0.4 is 0 Å². The Kier molecular flexibility index (Phi) is 3.60. The molecule has 2 heteroatoms. The molecule has 0 heterocycles. The first-order valence-corrected chi connectivity index (χ1v) is 7.22. The summed E-state index contributed by atoms with van der Waals surface area (Å²) in [5, 5.41) is 4.28. The second-order valence-electron chi connectivity index (χ2n) is 5.40. The molecule has 0 radical (unpaired) electrons. The zero-order valence-electron chi connectivity index (χ0n) is 12.6. The lowest BCUT2D eigenvalue weighted by Crippen LogP contribution is -2.05. The fourth-order valence-electron chi connectivity index (χ4n) is 2.80. The van der Waals surface area contributed by atoms with Crippen LogP contribution in [0, 0.1) is 0 Å². The Morgan fingerprint density at radius 2 is 1.23 bits per heavy atom. The third-order valence-corrected chi connectivity index (χ3v) is 3.86. The van der Waals surface area contributed by atoms with Gasteiger partial charge in [0.15, 0.2) is 11.6 Å². The van der Waals surface area contributed by atoms with Gasteiger partial charge in [0.25, 0.3) is 0 Å². The molecule has 22 heavy (non-hydrogen) atoms. The van der Waals surface area contributed by atoms with Crippen LogP contribution in [0.3, 0.4) is 0 Å². The van der Waals surface area contributed by atoms with Crippen molar-refractivity contribution in [3.8, 4) is 0 Å². The van der Waals surface area contributed by atoms with Crippen LogP contribution in [0.1, 0.15) is 19.4 Å². The van der Waals surface area contributed by atoms with E-state index in [9.17, 15) is 9.59 Å². The highest BCUT2D eigenvalue weighted by molar-refractivity contribution is 6.23. The highest BCUT2D eigenvalue weighted by atomic mass is 16.1. The second kappa shape index (κ2) is 5.57. The summed E-state index contributed by atoms with van der Waals surface area (Å²) >= 11 is 0. The molecule has 2 nitrogen and oxygen atoms in total. The fourth-order valence-corrected chi connectivity index (χ4v) is 2.80. The van der Waals surface area contributed by atoms with Crippen molar-refractivity contribution in [2.24, 2.45) is 0 Å². The standard InChI is InChI=1S/C20H16O2/c1-13(21)19(14(2)22)12-20-17-9-5-3-7-15(17)11-16-8-4-6-10-18(16)20/h3-12H,1-2H3. The summed E-state index contributed by atoms with van der Waals surface area (Å²) in [6, 6.07) is 18.2. The minimum atomic E-state index is -0.204. The molecule has 0 aromatic heterocycles. The van der Waals surface area contributed by atoms with E-state index in [0.717, 1.165) is 27.1 Å². The molecular weight excluding hydrogens is 272 g/mol. The lowest BCUT2D eigenvalue weighted by molar-refractivity contribution is -0.119. The lowest BCUT2D eigenvalue weighted by atomic mass is 9.94. The van der Waals surface area contributed by atoms with Gasteiger partial charge in [0, 0.05) is 0 Å². The quantitative estimate of drug-likeness (QED) is 0.306. The average molecular weight is 288 g/mol. The minimum Gasteiger partial charge on any atom is -0.294 e. The molecule has 0 saturated heterocycles. The summed E-state index contributed by atoms with van der Waals surface area (Å²) in [4.78, 5) is 23.5. The van der Waals surface area contributed by atoms with E-state index in [-0.39, 0.29) is 17.1 Å². The van der Waals surface area contributed by atoms with Crippen molar-refractivity contribution in [3.63, 3.8) is 0 Å². The highest BCUT2D eigenvalue weighted by Crippen LogP contribution is 2.30. The summed E-state index contributed by atoms with van der Waals surface area (Å²) in [7, 11) is 0. The zero-order valence-corrected chi connectivity index (χ0v) is 12.6. The summed E-state index contributed by atoms with van der Waals surface area (Å²) in [5.41, 5.74) is 1.16. The van der Waals surface area contributed by atoms with Crippen LogP contribution in [0.15, 0.2) is 60.2 Å². The molecule has 0 aliphatic rings. The van der Waals surface area contributed by atoms with E-state index in [4.69, 9.17) is 0 Å². The summed E-state index contributed by atoms with van der Waals surface area (Å²) in [5.74, 6) is -0.408. The van der Waals surface area contributed by atoms with Gasteiger partial charge in [-0.3, -0.25) is 9.59 Å². The van der Waals surface area contributed by atoms with Crippen molar-refractivity contribution in [2.75, 3.05) is 0 Å². The van der Waals surface area contributed by atoms with Crippen molar-refractivity contribution in [1.29, 1.82) is 0 Å². The van der Waals surface area contributed by atoms with Crippen LogP contribution >= 0.6 is 0 Å². The number of hydrogen-bond acceptors (Lipinski definition) is 2. The van der Waals surface area contributed by atoms with E-state index in [1.165, 1.54) is 13.8 Å². The SMILES string of the molecule is CC(=O)C(=Cc1c2ccccc2cc2ccccc12)C(C)=O. The summed E-state index contributed by atoms with van der Waals surface area (Å²) in [6.45, 7) is 2.86. The van der Waals surface area contributed by atoms with Gasteiger partial charge >= 0.3 is 0 Å². The van der Waals surface area contributed by atoms with Gasteiger partial charge in [-0.15, -0.1) is 0 Å². The largest absolute Gasteiger partial charge is 0.294 e. The Bertz CT molecular complexity index is 863. The topological polar surface area (TPSA) is 34.1 Å². The molecule has 3 aromatic carbocycles. The average Bonchev–Trinajstić information content (AvgIpc) is 2.50. The van der Waals surface area contributed by atoms with Crippen LogP contribution in [0.4, 0.5) is 0 Å².